The molecule has 18 heavy (non-hydrogen) atoms. The first-order valence-electron chi connectivity index (χ1n) is 5.81. The lowest BCUT2D eigenvalue weighted by molar-refractivity contribution is -0.797. The van der Waals surface area contributed by atoms with E-state index in [1.54, 1.807) is 18.7 Å². The minimum atomic E-state index is -0.323. The van der Waals surface area contributed by atoms with Crippen LogP contribution in [0.5, 0.6) is 0 Å². The first-order valence-corrected chi connectivity index (χ1v) is 6.80. The van der Waals surface area contributed by atoms with Gasteiger partial charge in [0.05, 0.1) is 19.7 Å². The molecule has 0 radical (unpaired) electrons. The van der Waals surface area contributed by atoms with Gasteiger partial charge in [-0.3, -0.25) is 0 Å². The van der Waals surface area contributed by atoms with Crippen LogP contribution < -0.4 is 5.84 Å². The molecule has 0 bridgehead atoms. The van der Waals surface area contributed by atoms with Crippen LogP contribution in [0, 0.1) is 0 Å². The summed E-state index contributed by atoms with van der Waals surface area (Å²) >= 11 is 1.56. The van der Waals surface area contributed by atoms with Gasteiger partial charge in [0.15, 0.2) is 0 Å². The molecular weight excluding hydrogens is 246 g/mol. The van der Waals surface area contributed by atoms with E-state index in [9.17, 15) is 4.79 Å². The Kier molecular flexibility index (Phi) is 3.21. The molecule has 1 fully saturated rings. The van der Waals surface area contributed by atoms with E-state index >= 15 is 0 Å². The number of nitrogens with zero attached hydrogens (tertiary/aromatic N) is 2. The molecule has 1 aliphatic rings. The van der Waals surface area contributed by atoms with E-state index in [-0.39, 0.29) is 15.9 Å². The molecule has 2 N–H and O–H groups in total. The van der Waals surface area contributed by atoms with Crippen molar-refractivity contribution in [2.24, 2.45) is 10.9 Å². The molecule has 1 aromatic carbocycles. The van der Waals surface area contributed by atoms with Crippen molar-refractivity contribution in [1.29, 1.82) is 0 Å². The molecule has 1 amide bonds. The van der Waals surface area contributed by atoms with E-state index < -0.39 is 0 Å². The summed E-state index contributed by atoms with van der Waals surface area (Å²) in [5.74, 6) is 6.29. The molecule has 0 aromatic heterocycles. The van der Waals surface area contributed by atoms with Gasteiger partial charge in [0, 0.05) is 5.56 Å². The minimum Gasteiger partial charge on any atom is -0.317 e. The number of hydrogen-bond acceptors (Lipinski definition) is 4. The van der Waals surface area contributed by atoms with Gasteiger partial charge in [-0.15, -0.1) is 5.10 Å². The molecule has 2 unspecified atom stereocenters. The molecule has 96 valence electrons. The first-order chi connectivity index (χ1) is 8.46. The Morgan fingerprint density at radius 3 is 2.56 bits per heavy atom. The van der Waals surface area contributed by atoms with Crippen molar-refractivity contribution >= 4 is 22.8 Å². The maximum absolute atomic E-state index is 12.1. The number of amides is 1. The topological polar surface area (TPSA) is 55.5 Å². The third kappa shape index (κ3) is 1.58. The maximum atomic E-state index is 12.1. The highest BCUT2D eigenvalue weighted by Crippen LogP contribution is 2.45. The molecular formula is C13H18N3OS+. The van der Waals surface area contributed by atoms with Gasteiger partial charge in [-0.05, 0) is 18.7 Å². The number of carbonyl (C=O) groups is 1. The lowest BCUT2D eigenvalue weighted by Gasteiger charge is -2.39. The SMILES string of the molecule is CC(=O)[N+]1(C)C(=NN)SCC1(C)c1ccccc1. The molecule has 4 nitrogen and oxygen atoms in total. The van der Waals surface area contributed by atoms with Gasteiger partial charge in [0.25, 0.3) is 5.17 Å². The van der Waals surface area contributed by atoms with Crippen LogP contribution in [0.3, 0.4) is 0 Å². The first kappa shape index (κ1) is 13.1. The van der Waals surface area contributed by atoms with Gasteiger partial charge < -0.3 is 5.84 Å². The molecule has 0 aliphatic carbocycles. The van der Waals surface area contributed by atoms with Crippen LogP contribution in [0.4, 0.5) is 0 Å². The highest BCUT2D eigenvalue weighted by atomic mass is 32.2. The van der Waals surface area contributed by atoms with E-state index in [0.717, 1.165) is 11.3 Å². The summed E-state index contributed by atoms with van der Waals surface area (Å²) in [6.45, 7) is 3.69. The Morgan fingerprint density at radius 2 is 2.06 bits per heavy atom. The Morgan fingerprint density at radius 1 is 1.44 bits per heavy atom. The van der Waals surface area contributed by atoms with Crippen molar-refractivity contribution in [3.05, 3.63) is 35.9 Å². The summed E-state index contributed by atoms with van der Waals surface area (Å²) in [5, 5.41) is 4.49. The number of quaternary nitrogens is 1. The second kappa shape index (κ2) is 4.40. The van der Waals surface area contributed by atoms with E-state index in [4.69, 9.17) is 5.84 Å². The Bertz CT molecular complexity index is 502. The van der Waals surface area contributed by atoms with Crippen LogP contribution in [-0.4, -0.2) is 28.4 Å². The van der Waals surface area contributed by atoms with Crippen LogP contribution in [0.25, 0.3) is 0 Å². The molecule has 1 aromatic rings. The summed E-state index contributed by atoms with van der Waals surface area (Å²) in [7, 11) is 1.89. The largest absolute Gasteiger partial charge is 0.317 e. The van der Waals surface area contributed by atoms with Crippen molar-refractivity contribution in [1.82, 2.24) is 0 Å². The zero-order valence-corrected chi connectivity index (χ0v) is 11.7. The van der Waals surface area contributed by atoms with Crippen LogP contribution in [0.1, 0.15) is 19.4 Å². The monoisotopic (exact) mass is 264 g/mol. The molecule has 2 atom stereocenters. The van der Waals surface area contributed by atoms with Crippen LogP contribution in [-0.2, 0) is 10.3 Å². The Balaban J connectivity index is 2.61. The standard InChI is InChI=1S/C13H18N3OS/c1-10(17)16(3)12(15-14)18-9-13(16,2)11-7-5-4-6-8-11/h4-8H,9,14H2,1-3H3/q+1. The van der Waals surface area contributed by atoms with Crippen molar-refractivity contribution < 1.29 is 9.28 Å². The van der Waals surface area contributed by atoms with Gasteiger partial charge in [0.2, 0.25) is 0 Å². The zero-order chi connectivity index (χ0) is 13.4. The van der Waals surface area contributed by atoms with Crippen molar-refractivity contribution in [3.8, 4) is 0 Å². The normalized spacial score (nSPS) is 33.8. The third-order valence-electron chi connectivity index (χ3n) is 3.99. The molecule has 1 heterocycles. The number of amidine groups is 1. The average molecular weight is 264 g/mol. The fraction of sp³-hybridized carbons (Fsp3) is 0.385. The van der Waals surface area contributed by atoms with Crippen LogP contribution >= 0.6 is 11.8 Å². The Labute approximate surface area is 111 Å². The number of thioether (sulfide) groups is 1. The summed E-state index contributed by atoms with van der Waals surface area (Å²) in [5.41, 5.74) is 0.810. The van der Waals surface area contributed by atoms with Crippen molar-refractivity contribution in [2.75, 3.05) is 12.8 Å². The van der Waals surface area contributed by atoms with Gasteiger partial charge >= 0.3 is 5.91 Å². The number of nitrogens with two attached hydrogens (primary N) is 1. The Hall–Kier alpha value is -1.33. The zero-order valence-electron chi connectivity index (χ0n) is 10.9. The van der Waals surface area contributed by atoms with Crippen molar-refractivity contribution in [3.63, 3.8) is 0 Å². The molecule has 5 heteroatoms. The smallest absolute Gasteiger partial charge is 0.317 e. The second-order valence-electron chi connectivity index (χ2n) is 4.87. The van der Waals surface area contributed by atoms with E-state index in [1.165, 1.54) is 0 Å². The molecule has 1 saturated heterocycles. The third-order valence-corrected chi connectivity index (χ3v) is 5.42. The average Bonchev–Trinajstić information content (AvgIpc) is 2.65. The van der Waals surface area contributed by atoms with E-state index in [1.807, 2.05) is 25.2 Å². The van der Waals surface area contributed by atoms with E-state index in [0.29, 0.717) is 5.17 Å². The van der Waals surface area contributed by atoms with Crippen LogP contribution in [0.15, 0.2) is 35.4 Å². The highest BCUT2D eigenvalue weighted by Gasteiger charge is 2.59. The number of benzene rings is 1. The maximum Gasteiger partial charge on any atom is 0.317 e. The second-order valence-corrected chi connectivity index (χ2v) is 5.81. The molecule has 0 spiro atoms. The van der Waals surface area contributed by atoms with Gasteiger partial charge in [0.1, 0.15) is 5.54 Å². The van der Waals surface area contributed by atoms with Crippen LogP contribution in [0.2, 0.25) is 0 Å². The van der Waals surface area contributed by atoms with Gasteiger partial charge in [-0.1, -0.05) is 30.3 Å². The van der Waals surface area contributed by atoms with E-state index in [2.05, 4.69) is 24.2 Å². The van der Waals surface area contributed by atoms with Gasteiger partial charge in [-0.2, -0.15) is 4.48 Å². The summed E-state index contributed by atoms with van der Waals surface area (Å²) in [6, 6.07) is 10.1. The fourth-order valence-corrected chi connectivity index (χ4v) is 3.95. The number of hydrazone groups is 1. The fourth-order valence-electron chi connectivity index (χ4n) is 2.45. The summed E-state index contributed by atoms with van der Waals surface area (Å²) in [4.78, 5) is 12.1. The molecule has 0 saturated carbocycles. The quantitative estimate of drug-likeness (QED) is 0.478. The number of hydrogen-bond donors (Lipinski definition) is 1. The summed E-state index contributed by atoms with van der Waals surface area (Å²) < 4.78 is 0.137. The van der Waals surface area contributed by atoms with Gasteiger partial charge in [-0.25, -0.2) is 4.79 Å². The number of rotatable bonds is 1. The van der Waals surface area contributed by atoms with Crippen molar-refractivity contribution in [2.45, 2.75) is 19.4 Å². The minimum absolute atomic E-state index is 0.0514. The number of carbonyl (C=O) groups excluding carboxylic acids is 1. The summed E-state index contributed by atoms with van der Waals surface area (Å²) in [6.07, 6.45) is 0. The highest BCUT2D eigenvalue weighted by molar-refractivity contribution is 8.13. The predicted octanol–water partition coefficient (Wildman–Crippen LogP) is 1.87. The lowest BCUT2D eigenvalue weighted by atomic mass is 9.90. The lowest BCUT2D eigenvalue weighted by Crippen LogP contribution is -2.60. The molecule has 2 rings (SSSR count). The molecule has 1 aliphatic heterocycles. The predicted molar refractivity (Wildman–Crippen MR) is 74.7 cm³/mol.